The van der Waals surface area contributed by atoms with Gasteiger partial charge in [0.1, 0.15) is 11.6 Å². The van der Waals surface area contributed by atoms with Crippen molar-refractivity contribution in [1.82, 2.24) is 9.97 Å². The number of hydrogen-bond acceptors (Lipinski definition) is 4. The number of nitrogen functional groups attached to an aromatic ring is 1. The Kier molecular flexibility index (Phi) is 3.57. The lowest BCUT2D eigenvalue weighted by Gasteiger charge is -2.08. The summed E-state index contributed by atoms with van der Waals surface area (Å²) in [6.07, 6.45) is 1.95. The van der Waals surface area contributed by atoms with Crippen molar-refractivity contribution in [3.05, 3.63) is 21.7 Å². The zero-order chi connectivity index (χ0) is 10.7. The average molecular weight is 213 g/mol. The second-order valence-electron chi connectivity index (χ2n) is 3.40. The third kappa shape index (κ3) is 2.29. The first-order chi connectivity index (χ1) is 6.56. The van der Waals surface area contributed by atoms with E-state index in [4.69, 9.17) is 5.73 Å². The van der Waals surface area contributed by atoms with Gasteiger partial charge in [-0.1, -0.05) is 13.8 Å². The molecule has 0 unspecified atom stereocenters. The Hall–Kier alpha value is -0.970. The van der Waals surface area contributed by atoms with Crippen LogP contribution in [0.2, 0.25) is 0 Å². The van der Waals surface area contributed by atoms with Crippen molar-refractivity contribution in [3.63, 3.8) is 0 Å². The Morgan fingerprint density at radius 3 is 2.64 bits per heavy atom. The van der Waals surface area contributed by atoms with Crippen molar-refractivity contribution >= 4 is 17.6 Å². The number of nitrogens with one attached hydrogen (secondary N) is 1. The SMILES string of the molecule is CSCc1nc(N)c(C(C)C)c(=O)[nH]1. The molecule has 0 radical (unpaired) electrons. The molecule has 0 bridgehead atoms. The highest BCUT2D eigenvalue weighted by molar-refractivity contribution is 7.97. The van der Waals surface area contributed by atoms with Crippen molar-refractivity contribution in [1.29, 1.82) is 0 Å². The van der Waals surface area contributed by atoms with Crippen LogP contribution < -0.4 is 11.3 Å². The van der Waals surface area contributed by atoms with Crippen molar-refractivity contribution in [2.75, 3.05) is 12.0 Å². The van der Waals surface area contributed by atoms with Gasteiger partial charge in [-0.2, -0.15) is 11.8 Å². The molecular formula is C9H15N3OS. The highest BCUT2D eigenvalue weighted by Crippen LogP contribution is 2.15. The molecule has 4 nitrogen and oxygen atoms in total. The van der Waals surface area contributed by atoms with E-state index in [1.165, 1.54) is 0 Å². The molecule has 0 aromatic carbocycles. The maximum absolute atomic E-state index is 11.6. The molecule has 5 heteroatoms. The summed E-state index contributed by atoms with van der Waals surface area (Å²) < 4.78 is 0. The lowest BCUT2D eigenvalue weighted by molar-refractivity contribution is 0.824. The smallest absolute Gasteiger partial charge is 0.256 e. The van der Waals surface area contributed by atoms with Gasteiger partial charge in [0.05, 0.1) is 11.3 Å². The zero-order valence-electron chi connectivity index (χ0n) is 8.63. The van der Waals surface area contributed by atoms with Crippen LogP contribution in [0.4, 0.5) is 5.82 Å². The predicted octanol–water partition coefficient (Wildman–Crippen LogP) is 1.34. The Morgan fingerprint density at radius 2 is 2.21 bits per heavy atom. The monoisotopic (exact) mass is 213 g/mol. The molecule has 1 aromatic heterocycles. The summed E-state index contributed by atoms with van der Waals surface area (Å²) in [5, 5.41) is 0. The molecule has 0 fully saturated rings. The molecule has 0 atom stereocenters. The summed E-state index contributed by atoms with van der Waals surface area (Å²) in [6.45, 7) is 3.85. The van der Waals surface area contributed by atoms with Crippen LogP contribution in [-0.4, -0.2) is 16.2 Å². The number of nitrogens with two attached hydrogens (primary N) is 1. The maximum Gasteiger partial charge on any atom is 0.256 e. The van der Waals surface area contributed by atoms with E-state index in [1.54, 1.807) is 11.8 Å². The van der Waals surface area contributed by atoms with E-state index < -0.39 is 0 Å². The number of aromatic amines is 1. The Labute approximate surface area is 87.3 Å². The van der Waals surface area contributed by atoms with Crippen molar-refractivity contribution in [3.8, 4) is 0 Å². The number of anilines is 1. The van der Waals surface area contributed by atoms with E-state index in [0.29, 0.717) is 23.0 Å². The number of nitrogens with zero attached hydrogens (tertiary/aromatic N) is 1. The number of H-pyrrole nitrogens is 1. The molecule has 1 aromatic rings. The molecule has 0 aliphatic rings. The van der Waals surface area contributed by atoms with E-state index in [9.17, 15) is 4.79 Å². The van der Waals surface area contributed by atoms with E-state index in [1.807, 2.05) is 20.1 Å². The number of rotatable bonds is 3. The third-order valence-electron chi connectivity index (χ3n) is 1.89. The van der Waals surface area contributed by atoms with Gasteiger partial charge in [0.25, 0.3) is 5.56 Å². The molecule has 1 heterocycles. The summed E-state index contributed by atoms with van der Waals surface area (Å²) >= 11 is 1.60. The minimum atomic E-state index is -0.114. The topological polar surface area (TPSA) is 71.8 Å². The fourth-order valence-corrected chi connectivity index (χ4v) is 1.72. The van der Waals surface area contributed by atoms with Crippen molar-refractivity contribution in [2.24, 2.45) is 0 Å². The van der Waals surface area contributed by atoms with Crippen molar-refractivity contribution < 1.29 is 0 Å². The summed E-state index contributed by atoms with van der Waals surface area (Å²) in [4.78, 5) is 18.5. The largest absolute Gasteiger partial charge is 0.383 e. The van der Waals surface area contributed by atoms with Crippen LogP contribution in [0.5, 0.6) is 0 Å². The van der Waals surface area contributed by atoms with E-state index in [0.717, 1.165) is 0 Å². The van der Waals surface area contributed by atoms with Crippen LogP contribution in [0.3, 0.4) is 0 Å². The minimum Gasteiger partial charge on any atom is -0.383 e. The first-order valence-electron chi connectivity index (χ1n) is 4.43. The van der Waals surface area contributed by atoms with Gasteiger partial charge in [0, 0.05) is 0 Å². The van der Waals surface area contributed by atoms with Gasteiger partial charge < -0.3 is 10.7 Å². The highest BCUT2D eigenvalue weighted by atomic mass is 32.2. The van der Waals surface area contributed by atoms with Gasteiger partial charge in [-0.25, -0.2) is 4.98 Å². The van der Waals surface area contributed by atoms with Crippen LogP contribution in [0.15, 0.2) is 4.79 Å². The van der Waals surface area contributed by atoms with Gasteiger partial charge >= 0.3 is 0 Å². The standard InChI is InChI=1S/C9H15N3OS/c1-5(2)7-8(10)11-6(4-14-3)12-9(7)13/h5H,4H2,1-3H3,(H3,10,11,12,13). The molecule has 78 valence electrons. The first-order valence-corrected chi connectivity index (χ1v) is 5.83. The summed E-state index contributed by atoms with van der Waals surface area (Å²) in [7, 11) is 0. The van der Waals surface area contributed by atoms with E-state index in [-0.39, 0.29) is 11.5 Å². The molecule has 0 aliphatic heterocycles. The summed E-state index contributed by atoms with van der Waals surface area (Å²) in [5.41, 5.74) is 6.18. The molecule has 14 heavy (non-hydrogen) atoms. The second kappa shape index (κ2) is 4.50. The molecular weight excluding hydrogens is 198 g/mol. The normalized spacial score (nSPS) is 10.9. The Bertz CT molecular complexity index is 373. The number of hydrogen-bond donors (Lipinski definition) is 2. The number of thioether (sulfide) groups is 1. The Morgan fingerprint density at radius 1 is 1.57 bits per heavy atom. The van der Waals surface area contributed by atoms with Gasteiger partial charge in [0.2, 0.25) is 0 Å². The third-order valence-corrected chi connectivity index (χ3v) is 2.45. The average Bonchev–Trinajstić information content (AvgIpc) is 2.01. The first kappa shape index (κ1) is 11.1. The molecule has 0 aliphatic carbocycles. The van der Waals surface area contributed by atoms with Gasteiger partial charge in [0.15, 0.2) is 0 Å². The van der Waals surface area contributed by atoms with Crippen LogP contribution >= 0.6 is 11.8 Å². The van der Waals surface area contributed by atoms with Crippen LogP contribution in [0.25, 0.3) is 0 Å². The zero-order valence-corrected chi connectivity index (χ0v) is 9.44. The molecule has 0 amide bonds. The van der Waals surface area contributed by atoms with Gasteiger partial charge in [-0.15, -0.1) is 0 Å². The van der Waals surface area contributed by atoms with Crippen molar-refractivity contribution in [2.45, 2.75) is 25.5 Å². The summed E-state index contributed by atoms with van der Waals surface area (Å²) in [5.74, 6) is 1.78. The molecule has 0 saturated heterocycles. The van der Waals surface area contributed by atoms with Crippen LogP contribution in [0, 0.1) is 0 Å². The lowest BCUT2D eigenvalue weighted by atomic mass is 10.1. The predicted molar refractivity (Wildman–Crippen MR) is 60.6 cm³/mol. The lowest BCUT2D eigenvalue weighted by Crippen LogP contribution is -2.20. The quantitative estimate of drug-likeness (QED) is 0.794. The van der Waals surface area contributed by atoms with Gasteiger partial charge in [-0.05, 0) is 12.2 Å². The minimum absolute atomic E-state index is 0.106. The maximum atomic E-state index is 11.6. The van der Waals surface area contributed by atoms with Crippen LogP contribution in [-0.2, 0) is 5.75 Å². The molecule has 3 N–H and O–H groups in total. The molecule has 0 spiro atoms. The second-order valence-corrected chi connectivity index (χ2v) is 4.27. The molecule has 1 rings (SSSR count). The fraction of sp³-hybridized carbons (Fsp3) is 0.556. The van der Waals surface area contributed by atoms with E-state index in [2.05, 4.69) is 9.97 Å². The van der Waals surface area contributed by atoms with E-state index >= 15 is 0 Å². The Balaban J connectivity index is 3.19. The van der Waals surface area contributed by atoms with Gasteiger partial charge in [-0.3, -0.25) is 4.79 Å². The number of aromatic nitrogens is 2. The summed E-state index contributed by atoms with van der Waals surface area (Å²) in [6, 6.07) is 0. The van der Waals surface area contributed by atoms with Crippen LogP contribution in [0.1, 0.15) is 31.2 Å². The fourth-order valence-electron chi connectivity index (χ4n) is 1.31. The molecule has 0 saturated carbocycles. The highest BCUT2D eigenvalue weighted by Gasteiger charge is 2.11.